The Bertz CT molecular complexity index is 1010. The smallest absolute Gasteiger partial charge is 0.252 e. The molecule has 144 valence electrons. The van der Waals surface area contributed by atoms with Crippen molar-refractivity contribution in [2.45, 2.75) is 38.6 Å². The van der Waals surface area contributed by atoms with E-state index in [9.17, 15) is 4.79 Å². The number of hydrogen-bond acceptors (Lipinski definition) is 5. The van der Waals surface area contributed by atoms with Crippen LogP contribution in [0, 0.1) is 6.92 Å². The molecular weight excluding hydrogens is 350 g/mol. The van der Waals surface area contributed by atoms with Crippen LogP contribution in [0.4, 0.5) is 5.95 Å². The van der Waals surface area contributed by atoms with Gasteiger partial charge >= 0.3 is 0 Å². The summed E-state index contributed by atoms with van der Waals surface area (Å²) in [4.78, 5) is 28.4. The summed E-state index contributed by atoms with van der Waals surface area (Å²) >= 11 is 0. The van der Waals surface area contributed by atoms with E-state index in [4.69, 9.17) is 4.98 Å². The van der Waals surface area contributed by atoms with Crippen LogP contribution in [0.2, 0.25) is 0 Å². The summed E-state index contributed by atoms with van der Waals surface area (Å²) < 4.78 is 0. The molecule has 0 bridgehead atoms. The number of pyridine rings is 1. The van der Waals surface area contributed by atoms with E-state index in [-0.39, 0.29) is 11.9 Å². The van der Waals surface area contributed by atoms with Gasteiger partial charge in [-0.3, -0.25) is 4.79 Å². The van der Waals surface area contributed by atoms with Crippen molar-refractivity contribution in [2.75, 3.05) is 19.0 Å². The molecule has 28 heavy (non-hydrogen) atoms. The fourth-order valence-electron chi connectivity index (χ4n) is 3.69. The Balaban J connectivity index is 1.77. The summed E-state index contributed by atoms with van der Waals surface area (Å²) in [6, 6.07) is 8.14. The molecule has 0 aliphatic heterocycles. The average molecular weight is 375 g/mol. The number of carbonyl (C=O) groups excluding carboxylic acids is 1. The number of nitrogens with zero attached hydrogens (tertiary/aromatic N) is 4. The SMILES string of the molecule is Cc1ccc2c(C(=O)NC3CCCC3)cc(-c3cnc(N(C)C)nc3)nc2c1. The van der Waals surface area contributed by atoms with E-state index >= 15 is 0 Å². The fourth-order valence-corrected chi connectivity index (χ4v) is 3.69. The molecule has 0 saturated heterocycles. The number of fused-ring (bicyclic) bond motifs is 1. The van der Waals surface area contributed by atoms with Gasteiger partial charge in [-0.2, -0.15) is 0 Å². The van der Waals surface area contributed by atoms with Gasteiger partial charge < -0.3 is 10.2 Å². The summed E-state index contributed by atoms with van der Waals surface area (Å²) in [5.41, 5.74) is 4.08. The second-order valence-corrected chi connectivity index (χ2v) is 7.70. The van der Waals surface area contributed by atoms with Crippen LogP contribution >= 0.6 is 0 Å². The van der Waals surface area contributed by atoms with Gasteiger partial charge in [0.05, 0.1) is 16.8 Å². The van der Waals surface area contributed by atoms with Crippen molar-refractivity contribution in [3.63, 3.8) is 0 Å². The molecule has 0 atom stereocenters. The number of nitrogens with one attached hydrogen (secondary N) is 1. The lowest BCUT2D eigenvalue weighted by molar-refractivity contribution is 0.0939. The van der Waals surface area contributed by atoms with Gasteiger partial charge in [0.2, 0.25) is 5.95 Å². The Morgan fingerprint density at radius 1 is 1.11 bits per heavy atom. The first kappa shape index (κ1) is 18.3. The largest absolute Gasteiger partial charge is 0.349 e. The maximum atomic E-state index is 13.0. The van der Waals surface area contributed by atoms with Crippen LogP contribution in [0.1, 0.15) is 41.6 Å². The molecule has 1 aliphatic rings. The van der Waals surface area contributed by atoms with Crippen LogP contribution < -0.4 is 10.2 Å². The van der Waals surface area contributed by atoms with Crippen molar-refractivity contribution in [1.29, 1.82) is 0 Å². The van der Waals surface area contributed by atoms with Gasteiger partial charge in [0.15, 0.2) is 0 Å². The molecule has 0 radical (unpaired) electrons. The van der Waals surface area contributed by atoms with Crippen LogP contribution in [0.25, 0.3) is 22.2 Å². The third kappa shape index (κ3) is 3.67. The second-order valence-electron chi connectivity index (χ2n) is 7.70. The normalized spacial score (nSPS) is 14.4. The second kappa shape index (κ2) is 7.54. The minimum atomic E-state index is -0.0322. The zero-order valence-corrected chi connectivity index (χ0v) is 16.6. The number of rotatable bonds is 4. The molecule has 1 aromatic carbocycles. The zero-order valence-electron chi connectivity index (χ0n) is 16.6. The molecule has 1 amide bonds. The lowest BCUT2D eigenvalue weighted by Crippen LogP contribution is -2.32. The summed E-state index contributed by atoms with van der Waals surface area (Å²) in [5.74, 6) is 0.606. The zero-order chi connectivity index (χ0) is 19.7. The number of carbonyl (C=O) groups is 1. The lowest BCUT2D eigenvalue weighted by atomic mass is 10.0. The van der Waals surface area contributed by atoms with E-state index in [1.54, 1.807) is 12.4 Å². The van der Waals surface area contributed by atoms with E-state index < -0.39 is 0 Å². The third-order valence-electron chi connectivity index (χ3n) is 5.23. The van der Waals surface area contributed by atoms with Crippen molar-refractivity contribution in [2.24, 2.45) is 0 Å². The van der Waals surface area contributed by atoms with Crippen molar-refractivity contribution < 1.29 is 4.79 Å². The maximum absolute atomic E-state index is 13.0. The van der Waals surface area contributed by atoms with E-state index in [1.807, 2.05) is 50.2 Å². The fraction of sp³-hybridized carbons (Fsp3) is 0.364. The number of benzene rings is 1. The van der Waals surface area contributed by atoms with Crippen LogP contribution in [-0.2, 0) is 0 Å². The Morgan fingerprint density at radius 2 is 1.82 bits per heavy atom. The third-order valence-corrected chi connectivity index (χ3v) is 5.23. The predicted octanol–water partition coefficient (Wildman–Crippen LogP) is 3.74. The summed E-state index contributed by atoms with van der Waals surface area (Å²) in [5, 5.41) is 4.07. The van der Waals surface area contributed by atoms with Crippen molar-refractivity contribution in [3.8, 4) is 11.3 Å². The van der Waals surface area contributed by atoms with E-state index in [2.05, 4.69) is 15.3 Å². The number of hydrogen-bond donors (Lipinski definition) is 1. The highest BCUT2D eigenvalue weighted by Gasteiger charge is 2.20. The molecule has 3 aromatic rings. The van der Waals surface area contributed by atoms with Gasteiger partial charge in [0, 0.05) is 43.5 Å². The molecule has 1 N–H and O–H groups in total. The monoisotopic (exact) mass is 375 g/mol. The number of amides is 1. The van der Waals surface area contributed by atoms with E-state index in [1.165, 1.54) is 12.8 Å². The van der Waals surface area contributed by atoms with Crippen molar-refractivity contribution >= 4 is 22.8 Å². The highest BCUT2D eigenvalue weighted by Crippen LogP contribution is 2.26. The van der Waals surface area contributed by atoms with Gasteiger partial charge in [0.1, 0.15) is 0 Å². The van der Waals surface area contributed by atoms with Gasteiger partial charge in [0.25, 0.3) is 5.91 Å². The van der Waals surface area contributed by atoms with Gasteiger partial charge in [-0.1, -0.05) is 25.0 Å². The minimum Gasteiger partial charge on any atom is -0.349 e. The molecule has 6 nitrogen and oxygen atoms in total. The number of anilines is 1. The Labute approximate surface area is 165 Å². The first-order chi connectivity index (χ1) is 13.5. The molecule has 4 rings (SSSR count). The number of aryl methyl sites for hydroxylation is 1. The first-order valence-electron chi connectivity index (χ1n) is 9.73. The summed E-state index contributed by atoms with van der Waals surface area (Å²) in [7, 11) is 3.80. The standard InChI is InChI=1S/C22H25N5O/c1-14-8-9-17-18(21(28)25-16-6-4-5-7-16)11-19(26-20(17)10-14)15-12-23-22(24-13-15)27(2)3/h8-13,16H,4-7H2,1-3H3,(H,25,28). The summed E-state index contributed by atoms with van der Waals surface area (Å²) in [6.07, 6.45) is 7.99. The topological polar surface area (TPSA) is 71.0 Å². The highest BCUT2D eigenvalue weighted by atomic mass is 16.1. The molecule has 0 spiro atoms. The van der Waals surface area contributed by atoms with Crippen LogP contribution in [0.15, 0.2) is 36.7 Å². The van der Waals surface area contributed by atoms with E-state index in [0.29, 0.717) is 17.2 Å². The van der Waals surface area contributed by atoms with Gasteiger partial charge in [-0.25, -0.2) is 15.0 Å². The first-order valence-corrected chi connectivity index (χ1v) is 9.73. The molecule has 0 unspecified atom stereocenters. The average Bonchev–Trinajstić information content (AvgIpc) is 3.19. The van der Waals surface area contributed by atoms with Gasteiger partial charge in [-0.15, -0.1) is 0 Å². The van der Waals surface area contributed by atoms with Crippen LogP contribution in [0.5, 0.6) is 0 Å². The van der Waals surface area contributed by atoms with Crippen LogP contribution in [-0.4, -0.2) is 41.0 Å². The van der Waals surface area contributed by atoms with Crippen molar-refractivity contribution in [1.82, 2.24) is 20.3 Å². The quantitative estimate of drug-likeness (QED) is 0.752. The minimum absolute atomic E-state index is 0.0322. The molecule has 1 fully saturated rings. The predicted molar refractivity (Wildman–Crippen MR) is 112 cm³/mol. The molecule has 1 aliphatic carbocycles. The summed E-state index contributed by atoms with van der Waals surface area (Å²) in [6.45, 7) is 2.03. The Kier molecular flexibility index (Phi) is 4.94. The lowest BCUT2D eigenvalue weighted by Gasteiger charge is -2.15. The molecule has 2 heterocycles. The van der Waals surface area contributed by atoms with E-state index in [0.717, 1.165) is 34.9 Å². The maximum Gasteiger partial charge on any atom is 0.252 e. The number of aromatic nitrogens is 3. The highest BCUT2D eigenvalue weighted by molar-refractivity contribution is 6.07. The molecule has 2 aromatic heterocycles. The molecule has 1 saturated carbocycles. The van der Waals surface area contributed by atoms with Crippen molar-refractivity contribution in [3.05, 3.63) is 47.8 Å². The van der Waals surface area contributed by atoms with Crippen LogP contribution in [0.3, 0.4) is 0 Å². The van der Waals surface area contributed by atoms with Gasteiger partial charge in [-0.05, 0) is 37.5 Å². The molecular formula is C22H25N5O. The molecule has 6 heteroatoms. The Hall–Kier alpha value is -3.02. The Morgan fingerprint density at radius 3 is 2.50 bits per heavy atom.